The molecular formula is C19H23N3O. The summed E-state index contributed by atoms with van der Waals surface area (Å²) < 4.78 is 1.78. The highest BCUT2D eigenvalue weighted by Gasteiger charge is 2.24. The zero-order valence-corrected chi connectivity index (χ0v) is 14.4. The predicted octanol–water partition coefficient (Wildman–Crippen LogP) is 3.82. The van der Waals surface area contributed by atoms with Crippen molar-refractivity contribution in [1.29, 1.82) is 5.26 Å². The van der Waals surface area contributed by atoms with Crippen molar-refractivity contribution in [2.75, 3.05) is 0 Å². The monoisotopic (exact) mass is 309 g/mol. The number of nitrogens with zero attached hydrogens (tertiary/aromatic N) is 3. The third kappa shape index (κ3) is 3.29. The van der Waals surface area contributed by atoms with Crippen LogP contribution in [0.3, 0.4) is 0 Å². The quantitative estimate of drug-likeness (QED) is 0.862. The van der Waals surface area contributed by atoms with Gasteiger partial charge in [0.15, 0.2) is 0 Å². The molecule has 0 N–H and O–H groups in total. The molecule has 0 unspecified atom stereocenters. The molecule has 120 valence electrons. The molecular weight excluding hydrogens is 286 g/mol. The number of hydrogen-bond donors (Lipinski definition) is 0. The molecule has 0 saturated heterocycles. The van der Waals surface area contributed by atoms with Crippen molar-refractivity contribution in [3.63, 3.8) is 0 Å². The SMILES string of the molecule is CC(C)N(C(=O)c1ccccc1-c1cc(C#N)n(C)c1)C(C)C. The molecule has 1 aromatic carbocycles. The van der Waals surface area contributed by atoms with Gasteiger partial charge in [-0.1, -0.05) is 18.2 Å². The van der Waals surface area contributed by atoms with Crippen LogP contribution in [-0.4, -0.2) is 27.5 Å². The Morgan fingerprint density at radius 3 is 2.30 bits per heavy atom. The van der Waals surface area contributed by atoms with Gasteiger partial charge in [0.1, 0.15) is 11.8 Å². The molecule has 1 heterocycles. The maximum absolute atomic E-state index is 13.0. The predicted molar refractivity (Wildman–Crippen MR) is 92.0 cm³/mol. The molecule has 0 atom stereocenters. The van der Waals surface area contributed by atoms with Gasteiger partial charge in [0.2, 0.25) is 0 Å². The molecule has 0 saturated carbocycles. The zero-order chi connectivity index (χ0) is 17.1. The number of carbonyl (C=O) groups excluding carboxylic acids is 1. The molecule has 0 fully saturated rings. The molecule has 2 aromatic rings. The second kappa shape index (κ2) is 6.70. The van der Waals surface area contributed by atoms with Crippen molar-refractivity contribution in [2.45, 2.75) is 39.8 Å². The molecule has 0 radical (unpaired) electrons. The molecule has 0 spiro atoms. The first-order valence-corrected chi connectivity index (χ1v) is 7.85. The maximum Gasteiger partial charge on any atom is 0.254 e. The Bertz CT molecular complexity index is 742. The van der Waals surface area contributed by atoms with Gasteiger partial charge in [0.05, 0.1) is 0 Å². The Morgan fingerprint density at radius 2 is 1.78 bits per heavy atom. The van der Waals surface area contributed by atoms with Gasteiger partial charge in [-0.25, -0.2) is 0 Å². The first kappa shape index (κ1) is 16.8. The van der Waals surface area contributed by atoms with Crippen molar-refractivity contribution in [3.8, 4) is 17.2 Å². The van der Waals surface area contributed by atoms with Gasteiger partial charge in [-0.15, -0.1) is 0 Å². The first-order chi connectivity index (χ1) is 10.9. The highest BCUT2D eigenvalue weighted by molar-refractivity contribution is 6.01. The lowest BCUT2D eigenvalue weighted by atomic mass is 10.00. The number of benzene rings is 1. The average Bonchev–Trinajstić information content (AvgIpc) is 2.87. The van der Waals surface area contributed by atoms with E-state index < -0.39 is 0 Å². The Labute approximate surface area is 138 Å². The van der Waals surface area contributed by atoms with E-state index in [1.54, 1.807) is 4.57 Å². The number of carbonyl (C=O) groups is 1. The van der Waals surface area contributed by atoms with Crippen LogP contribution in [0.1, 0.15) is 43.7 Å². The summed E-state index contributed by atoms with van der Waals surface area (Å²) in [7, 11) is 1.83. The Hall–Kier alpha value is -2.54. The topological polar surface area (TPSA) is 49.0 Å². The molecule has 4 nitrogen and oxygen atoms in total. The van der Waals surface area contributed by atoms with E-state index in [0.717, 1.165) is 11.1 Å². The van der Waals surface area contributed by atoms with E-state index in [0.29, 0.717) is 11.3 Å². The van der Waals surface area contributed by atoms with Crippen molar-refractivity contribution in [3.05, 3.63) is 47.8 Å². The summed E-state index contributed by atoms with van der Waals surface area (Å²) in [6, 6.07) is 11.8. The van der Waals surface area contributed by atoms with Crippen LogP contribution in [0.4, 0.5) is 0 Å². The summed E-state index contributed by atoms with van der Waals surface area (Å²) in [4.78, 5) is 14.9. The van der Waals surface area contributed by atoms with E-state index >= 15 is 0 Å². The van der Waals surface area contributed by atoms with E-state index in [9.17, 15) is 4.79 Å². The van der Waals surface area contributed by atoms with E-state index in [1.165, 1.54) is 0 Å². The molecule has 2 rings (SSSR count). The second-order valence-electron chi connectivity index (χ2n) is 6.28. The van der Waals surface area contributed by atoms with Crippen LogP contribution >= 0.6 is 0 Å². The minimum Gasteiger partial charge on any atom is -0.342 e. The van der Waals surface area contributed by atoms with Crippen molar-refractivity contribution >= 4 is 5.91 Å². The lowest BCUT2D eigenvalue weighted by Gasteiger charge is -2.31. The molecule has 0 aliphatic rings. The molecule has 0 bridgehead atoms. The normalized spacial score (nSPS) is 10.9. The van der Waals surface area contributed by atoms with Crippen molar-refractivity contribution < 1.29 is 4.79 Å². The summed E-state index contributed by atoms with van der Waals surface area (Å²) >= 11 is 0. The smallest absolute Gasteiger partial charge is 0.254 e. The van der Waals surface area contributed by atoms with Gasteiger partial charge in [0.25, 0.3) is 5.91 Å². The third-order valence-electron chi connectivity index (χ3n) is 3.94. The molecule has 4 heteroatoms. The summed E-state index contributed by atoms with van der Waals surface area (Å²) in [5.74, 6) is 0.0213. The highest BCUT2D eigenvalue weighted by Crippen LogP contribution is 2.27. The van der Waals surface area contributed by atoms with Crippen LogP contribution in [0.15, 0.2) is 36.5 Å². The van der Waals surface area contributed by atoms with Gasteiger partial charge in [-0.3, -0.25) is 4.79 Å². The highest BCUT2D eigenvalue weighted by atomic mass is 16.2. The molecule has 0 aliphatic carbocycles. The number of nitriles is 1. The van der Waals surface area contributed by atoms with Gasteiger partial charge < -0.3 is 9.47 Å². The number of hydrogen-bond acceptors (Lipinski definition) is 2. The van der Waals surface area contributed by atoms with E-state index in [2.05, 4.69) is 6.07 Å². The van der Waals surface area contributed by atoms with Gasteiger partial charge in [-0.05, 0) is 45.4 Å². The molecule has 23 heavy (non-hydrogen) atoms. The summed E-state index contributed by atoms with van der Waals surface area (Å²) in [5, 5.41) is 9.14. The van der Waals surface area contributed by atoms with Gasteiger partial charge in [0, 0.05) is 36.5 Å². The zero-order valence-electron chi connectivity index (χ0n) is 14.4. The van der Waals surface area contributed by atoms with Crippen molar-refractivity contribution in [1.82, 2.24) is 9.47 Å². The average molecular weight is 309 g/mol. The molecule has 1 amide bonds. The number of aryl methyl sites for hydroxylation is 1. The van der Waals surface area contributed by atoms with Crippen LogP contribution in [0.25, 0.3) is 11.1 Å². The van der Waals surface area contributed by atoms with Crippen LogP contribution in [0, 0.1) is 11.3 Å². The third-order valence-corrected chi connectivity index (χ3v) is 3.94. The minimum atomic E-state index is 0.0213. The first-order valence-electron chi connectivity index (χ1n) is 7.85. The van der Waals surface area contributed by atoms with Gasteiger partial charge in [-0.2, -0.15) is 5.26 Å². The summed E-state index contributed by atoms with van der Waals surface area (Å²) in [6.07, 6.45) is 1.89. The van der Waals surface area contributed by atoms with Crippen LogP contribution in [0.2, 0.25) is 0 Å². The number of aromatic nitrogens is 1. The summed E-state index contributed by atoms with van der Waals surface area (Å²) in [5.41, 5.74) is 3.00. The number of rotatable bonds is 4. The second-order valence-corrected chi connectivity index (χ2v) is 6.28. The fourth-order valence-corrected chi connectivity index (χ4v) is 2.95. The Balaban J connectivity index is 2.53. The van der Waals surface area contributed by atoms with Gasteiger partial charge >= 0.3 is 0 Å². The lowest BCUT2D eigenvalue weighted by Crippen LogP contribution is -2.42. The van der Waals surface area contributed by atoms with Crippen LogP contribution in [0.5, 0.6) is 0 Å². The van der Waals surface area contributed by atoms with Crippen molar-refractivity contribution in [2.24, 2.45) is 7.05 Å². The van der Waals surface area contributed by atoms with E-state index in [-0.39, 0.29) is 18.0 Å². The Morgan fingerprint density at radius 1 is 1.17 bits per heavy atom. The fraction of sp³-hybridized carbons (Fsp3) is 0.368. The minimum absolute atomic E-state index is 0.0213. The largest absolute Gasteiger partial charge is 0.342 e. The van der Waals surface area contributed by atoms with E-state index in [1.807, 2.05) is 76.2 Å². The molecule has 1 aromatic heterocycles. The number of amides is 1. The maximum atomic E-state index is 13.0. The molecule has 0 aliphatic heterocycles. The lowest BCUT2D eigenvalue weighted by molar-refractivity contribution is 0.0644. The van der Waals surface area contributed by atoms with E-state index in [4.69, 9.17) is 5.26 Å². The summed E-state index contributed by atoms with van der Waals surface area (Å²) in [6.45, 7) is 8.10. The van der Waals surface area contributed by atoms with Crippen LogP contribution in [-0.2, 0) is 7.05 Å². The Kier molecular flexibility index (Phi) is 4.90. The van der Waals surface area contributed by atoms with Crippen LogP contribution < -0.4 is 0 Å². The standard InChI is InChI=1S/C19H23N3O/c1-13(2)22(14(3)4)19(23)18-9-7-6-8-17(18)15-10-16(11-20)21(5)12-15/h6-10,12-14H,1-5H3. The fourth-order valence-electron chi connectivity index (χ4n) is 2.95.